The molecule has 0 aliphatic carbocycles. The van der Waals surface area contributed by atoms with Crippen LogP contribution in [-0.2, 0) is 6.42 Å². The Morgan fingerprint density at radius 2 is 2.29 bits per heavy atom. The maximum Gasteiger partial charge on any atom is 0.248 e. The Bertz CT molecular complexity index is 646. The van der Waals surface area contributed by atoms with Crippen LogP contribution in [0.3, 0.4) is 0 Å². The summed E-state index contributed by atoms with van der Waals surface area (Å²) in [4.78, 5) is 14.2. The molecule has 2 aromatic rings. The third kappa shape index (κ3) is 1.52. The first-order valence-corrected chi connectivity index (χ1v) is 5.68. The third-order valence-corrected chi connectivity index (χ3v) is 3.23. The van der Waals surface area contributed by atoms with E-state index in [-0.39, 0.29) is 11.8 Å². The quantitative estimate of drug-likeness (QED) is 0.776. The van der Waals surface area contributed by atoms with Gasteiger partial charge in [-0.25, -0.2) is 0 Å². The van der Waals surface area contributed by atoms with Crippen molar-refractivity contribution < 1.29 is 4.74 Å². The van der Waals surface area contributed by atoms with Crippen molar-refractivity contribution >= 4 is 10.9 Å². The number of rotatable bonds is 1. The van der Waals surface area contributed by atoms with Crippen LogP contribution in [0.25, 0.3) is 10.9 Å². The number of fused-ring (bicyclic) bond motifs is 3. The first-order chi connectivity index (χ1) is 8.19. The summed E-state index contributed by atoms with van der Waals surface area (Å²) in [5.41, 5.74) is 3.06. The zero-order valence-electron chi connectivity index (χ0n) is 9.83. The molecular weight excluding hydrogens is 216 g/mol. The van der Waals surface area contributed by atoms with Gasteiger partial charge in [-0.15, -0.1) is 0 Å². The Morgan fingerprint density at radius 1 is 1.47 bits per heavy atom. The summed E-state index contributed by atoms with van der Waals surface area (Å²) in [6, 6.07) is 5.46. The van der Waals surface area contributed by atoms with E-state index < -0.39 is 0 Å². The van der Waals surface area contributed by atoms with E-state index >= 15 is 0 Å². The van der Waals surface area contributed by atoms with Crippen molar-refractivity contribution in [3.05, 3.63) is 39.7 Å². The standard InChI is InChI=1S/C13H14N2O2/c1-7-5-8-6-11(14-2)17-13(8)9-3-4-10(16)15-12(7)9/h3-5,11,14H,6H2,1-2H3,(H,15,16). The second-order valence-corrected chi connectivity index (χ2v) is 4.39. The number of H-pyrrole nitrogens is 1. The maximum atomic E-state index is 11.3. The van der Waals surface area contributed by atoms with Gasteiger partial charge >= 0.3 is 0 Å². The van der Waals surface area contributed by atoms with E-state index in [1.807, 2.05) is 20.0 Å². The van der Waals surface area contributed by atoms with Crippen LogP contribution >= 0.6 is 0 Å². The summed E-state index contributed by atoms with van der Waals surface area (Å²) in [5.74, 6) is 0.890. The van der Waals surface area contributed by atoms with Crippen molar-refractivity contribution in [2.24, 2.45) is 0 Å². The SMILES string of the molecule is CNC1Cc2cc(C)c3[nH]c(=O)ccc3c2O1. The number of nitrogens with one attached hydrogen (secondary N) is 2. The van der Waals surface area contributed by atoms with E-state index in [2.05, 4.69) is 16.4 Å². The number of hydrogen-bond donors (Lipinski definition) is 2. The van der Waals surface area contributed by atoms with Crippen molar-refractivity contribution in [1.82, 2.24) is 10.3 Å². The molecule has 0 radical (unpaired) electrons. The van der Waals surface area contributed by atoms with Crippen molar-refractivity contribution in [3.8, 4) is 5.75 Å². The smallest absolute Gasteiger partial charge is 0.248 e. The molecule has 0 spiro atoms. The fourth-order valence-electron chi connectivity index (χ4n) is 2.38. The second-order valence-electron chi connectivity index (χ2n) is 4.39. The Hall–Kier alpha value is -1.81. The fourth-order valence-corrected chi connectivity index (χ4v) is 2.38. The average molecular weight is 230 g/mol. The molecule has 1 aliphatic rings. The second kappa shape index (κ2) is 3.60. The van der Waals surface area contributed by atoms with Crippen LogP contribution in [0.4, 0.5) is 0 Å². The van der Waals surface area contributed by atoms with E-state index in [0.29, 0.717) is 0 Å². The van der Waals surface area contributed by atoms with Crippen molar-refractivity contribution in [3.63, 3.8) is 0 Å². The van der Waals surface area contributed by atoms with Gasteiger partial charge in [-0.05, 0) is 25.6 Å². The topological polar surface area (TPSA) is 54.1 Å². The molecule has 1 aromatic carbocycles. The zero-order chi connectivity index (χ0) is 12.0. The van der Waals surface area contributed by atoms with E-state index in [0.717, 1.165) is 28.6 Å². The van der Waals surface area contributed by atoms with E-state index in [4.69, 9.17) is 4.74 Å². The van der Waals surface area contributed by atoms with Crippen LogP contribution < -0.4 is 15.6 Å². The van der Waals surface area contributed by atoms with Gasteiger partial charge in [0.2, 0.25) is 5.56 Å². The number of benzene rings is 1. The van der Waals surface area contributed by atoms with Gasteiger partial charge in [-0.1, -0.05) is 6.07 Å². The molecule has 0 saturated heterocycles. The molecule has 2 heterocycles. The normalized spacial score (nSPS) is 18.1. The summed E-state index contributed by atoms with van der Waals surface area (Å²) in [7, 11) is 1.88. The van der Waals surface area contributed by atoms with Crippen LogP contribution in [0.15, 0.2) is 23.0 Å². The number of likely N-dealkylation sites (N-methyl/N-ethyl adjacent to an activating group) is 1. The van der Waals surface area contributed by atoms with E-state index in [9.17, 15) is 4.79 Å². The van der Waals surface area contributed by atoms with E-state index in [1.54, 1.807) is 0 Å². The van der Waals surface area contributed by atoms with Gasteiger partial charge in [0.15, 0.2) is 6.23 Å². The molecule has 4 heteroatoms. The fraction of sp³-hybridized carbons (Fsp3) is 0.308. The molecule has 4 nitrogen and oxygen atoms in total. The van der Waals surface area contributed by atoms with E-state index in [1.165, 1.54) is 11.6 Å². The predicted molar refractivity (Wildman–Crippen MR) is 66.5 cm³/mol. The van der Waals surface area contributed by atoms with Gasteiger partial charge in [0, 0.05) is 23.4 Å². The molecule has 2 N–H and O–H groups in total. The lowest BCUT2D eigenvalue weighted by Crippen LogP contribution is -2.28. The van der Waals surface area contributed by atoms with Crippen LogP contribution in [0.5, 0.6) is 5.75 Å². The first-order valence-electron chi connectivity index (χ1n) is 5.68. The summed E-state index contributed by atoms with van der Waals surface area (Å²) >= 11 is 0. The summed E-state index contributed by atoms with van der Waals surface area (Å²) in [5, 5.41) is 4.10. The number of aromatic amines is 1. The molecule has 1 aliphatic heterocycles. The lowest BCUT2D eigenvalue weighted by Gasteiger charge is -2.10. The Labute approximate surface area is 98.6 Å². The highest BCUT2D eigenvalue weighted by Crippen LogP contribution is 2.36. The maximum absolute atomic E-state index is 11.3. The highest BCUT2D eigenvalue weighted by Gasteiger charge is 2.24. The molecule has 0 fully saturated rings. The molecule has 1 aromatic heterocycles. The molecular formula is C13H14N2O2. The molecule has 0 bridgehead atoms. The van der Waals surface area contributed by atoms with Gasteiger partial charge in [0.25, 0.3) is 0 Å². The molecule has 0 amide bonds. The number of ether oxygens (including phenoxy) is 1. The van der Waals surface area contributed by atoms with Gasteiger partial charge in [-0.3, -0.25) is 10.1 Å². The van der Waals surface area contributed by atoms with Gasteiger partial charge < -0.3 is 9.72 Å². The first kappa shape index (κ1) is 10.4. The largest absolute Gasteiger partial charge is 0.474 e. The molecule has 1 atom stereocenters. The molecule has 1 unspecified atom stereocenters. The minimum Gasteiger partial charge on any atom is -0.474 e. The van der Waals surface area contributed by atoms with Crippen molar-refractivity contribution in [1.29, 1.82) is 0 Å². The minimum absolute atomic E-state index is 0.0296. The minimum atomic E-state index is -0.0799. The number of hydrogen-bond acceptors (Lipinski definition) is 3. The molecule has 17 heavy (non-hydrogen) atoms. The van der Waals surface area contributed by atoms with Gasteiger partial charge in [0.05, 0.1) is 5.52 Å². The Kier molecular flexibility index (Phi) is 2.19. The monoisotopic (exact) mass is 230 g/mol. The highest BCUT2D eigenvalue weighted by molar-refractivity contribution is 5.89. The molecule has 0 saturated carbocycles. The lowest BCUT2D eigenvalue weighted by atomic mass is 10.0. The molecule has 88 valence electrons. The summed E-state index contributed by atoms with van der Waals surface area (Å²) < 4.78 is 5.83. The van der Waals surface area contributed by atoms with Crippen LogP contribution in [0.2, 0.25) is 0 Å². The van der Waals surface area contributed by atoms with Crippen LogP contribution in [0, 0.1) is 6.92 Å². The van der Waals surface area contributed by atoms with Gasteiger partial charge in [0.1, 0.15) is 5.75 Å². The van der Waals surface area contributed by atoms with Crippen molar-refractivity contribution in [2.45, 2.75) is 19.6 Å². The summed E-state index contributed by atoms with van der Waals surface area (Å²) in [6.45, 7) is 2.01. The summed E-state index contributed by atoms with van der Waals surface area (Å²) in [6.07, 6.45) is 0.892. The number of aryl methyl sites for hydroxylation is 1. The van der Waals surface area contributed by atoms with Gasteiger partial charge in [-0.2, -0.15) is 0 Å². The Balaban J connectivity index is 2.30. The van der Waals surface area contributed by atoms with Crippen molar-refractivity contribution in [2.75, 3.05) is 7.05 Å². The average Bonchev–Trinajstić information content (AvgIpc) is 2.72. The highest BCUT2D eigenvalue weighted by atomic mass is 16.5. The van der Waals surface area contributed by atoms with Crippen LogP contribution in [-0.4, -0.2) is 18.3 Å². The zero-order valence-corrected chi connectivity index (χ0v) is 9.83. The number of pyridine rings is 1. The number of aromatic nitrogens is 1. The Morgan fingerprint density at radius 3 is 3.06 bits per heavy atom. The molecule has 3 rings (SSSR count). The van der Waals surface area contributed by atoms with Crippen LogP contribution in [0.1, 0.15) is 11.1 Å². The predicted octanol–water partition coefficient (Wildman–Crippen LogP) is 1.32. The lowest BCUT2D eigenvalue weighted by molar-refractivity contribution is 0.205. The third-order valence-electron chi connectivity index (χ3n) is 3.23.